The molecule has 0 radical (unpaired) electrons. The summed E-state index contributed by atoms with van der Waals surface area (Å²) in [6.45, 7) is 6.01. The van der Waals surface area contributed by atoms with Crippen molar-refractivity contribution in [1.29, 1.82) is 0 Å². The minimum absolute atomic E-state index is 0.314. The first kappa shape index (κ1) is 15.9. The number of carboxylic acid groups (broad SMARTS) is 1. The highest BCUT2D eigenvalue weighted by atomic mass is 16.5. The minimum Gasteiger partial charge on any atom is -0.481 e. The van der Waals surface area contributed by atoms with E-state index in [-0.39, 0.29) is 5.92 Å². The van der Waals surface area contributed by atoms with Gasteiger partial charge in [0.2, 0.25) is 11.7 Å². The van der Waals surface area contributed by atoms with Gasteiger partial charge in [-0.15, -0.1) is 0 Å². The van der Waals surface area contributed by atoms with Crippen molar-refractivity contribution in [3.63, 3.8) is 0 Å². The maximum Gasteiger partial charge on any atom is 0.307 e. The van der Waals surface area contributed by atoms with E-state index in [0.717, 1.165) is 25.7 Å². The summed E-state index contributed by atoms with van der Waals surface area (Å²) in [5, 5.41) is 13.2. The molecule has 2 rings (SSSR count). The van der Waals surface area contributed by atoms with E-state index in [4.69, 9.17) is 14.4 Å². The molecule has 0 spiro atoms. The van der Waals surface area contributed by atoms with Crippen molar-refractivity contribution in [2.75, 3.05) is 6.61 Å². The molecule has 6 heteroatoms. The highest BCUT2D eigenvalue weighted by Gasteiger charge is 2.40. The van der Waals surface area contributed by atoms with Gasteiger partial charge < -0.3 is 14.4 Å². The monoisotopic (exact) mass is 296 g/mol. The molecule has 2 unspecified atom stereocenters. The Morgan fingerprint density at radius 1 is 1.38 bits per heavy atom. The third-order valence-corrected chi connectivity index (χ3v) is 4.46. The lowest BCUT2D eigenvalue weighted by Gasteiger charge is -2.33. The fraction of sp³-hybridized carbons (Fsp3) is 0.800. The predicted molar refractivity (Wildman–Crippen MR) is 75.9 cm³/mol. The SMILES string of the molecule is CCOC1(c2noc(C(C)C(C)C(=O)O)n2)CCCCC1. The Kier molecular flexibility index (Phi) is 4.98. The largest absolute Gasteiger partial charge is 0.481 e. The third kappa shape index (κ3) is 3.26. The van der Waals surface area contributed by atoms with Gasteiger partial charge in [0.25, 0.3) is 0 Å². The van der Waals surface area contributed by atoms with E-state index in [1.54, 1.807) is 13.8 Å². The lowest BCUT2D eigenvalue weighted by atomic mass is 9.84. The van der Waals surface area contributed by atoms with E-state index >= 15 is 0 Å². The van der Waals surface area contributed by atoms with Gasteiger partial charge >= 0.3 is 5.97 Å². The minimum atomic E-state index is -0.862. The molecule has 1 fully saturated rings. The molecule has 0 aliphatic heterocycles. The maximum absolute atomic E-state index is 11.1. The molecule has 0 aromatic carbocycles. The second kappa shape index (κ2) is 6.56. The summed E-state index contributed by atoms with van der Waals surface area (Å²) in [7, 11) is 0. The molecule has 1 aliphatic rings. The summed E-state index contributed by atoms with van der Waals surface area (Å²) >= 11 is 0. The van der Waals surface area contributed by atoms with Crippen molar-refractivity contribution >= 4 is 5.97 Å². The molecule has 1 aliphatic carbocycles. The van der Waals surface area contributed by atoms with E-state index in [1.807, 2.05) is 6.92 Å². The first-order chi connectivity index (χ1) is 10.00. The zero-order chi connectivity index (χ0) is 15.5. The Hall–Kier alpha value is -1.43. The van der Waals surface area contributed by atoms with Gasteiger partial charge in [0.15, 0.2) is 0 Å². The Morgan fingerprint density at radius 3 is 2.62 bits per heavy atom. The second-order valence-electron chi connectivity index (χ2n) is 5.86. The van der Waals surface area contributed by atoms with E-state index in [2.05, 4.69) is 10.1 Å². The molecule has 6 nitrogen and oxygen atoms in total. The third-order valence-electron chi connectivity index (χ3n) is 4.46. The number of carbonyl (C=O) groups is 1. The highest BCUT2D eigenvalue weighted by molar-refractivity contribution is 5.70. The van der Waals surface area contributed by atoms with E-state index < -0.39 is 17.5 Å². The Labute approximate surface area is 124 Å². The Bertz CT molecular complexity index is 474. The molecule has 1 aromatic heterocycles. The fourth-order valence-electron chi connectivity index (χ4n) is 2.86. The van der Waals surface area contributed by atoms with E-state index in [0.29, 0.717) is 18.3 Å². The number of ether oxygens (including phenoxy) is 1. The van der Waals surface area contributed by atoms with Crippen LogP contribution in [0.5, 0.6) is 0 Å². The van der Waals surface area contributed by atoms with Crippen molar-refractivity contribution in [2.45, 2.75) is 64.4 Å². The van der Waals surface area contributed by atoms with E-state index in [9.17, 15) is 4.79 Å². The lowest BCUT2D eigenvalue weighted by molar-refractivity contribution is -0.141. The second-order valence-corrected chi connectivity index (χ2v) is 5.86. The molecule has 0 amide bonds. The van der Waals surface area contributed by atoms with Crippen LogP contribution in [0, 0.1) is 5.92 Å². The molecular formula is C15H24N2O4. The van der Waals surface area contributed by atoms with Crippen LogP contribution in [0.15, 0.2) is 4.52 Å². The molecule has 1 N–H and O–H groups in total. The number of aromatic nitrogens is 2. The van der Waals surface area contributed by atoms with Crippen LogP contribution in [-0.2, 0) is 15.1 Å². The Morgan fingerprint density at radius 2 is 2.05 bits per heavy atom. The van der Waals surface area contributed by atoms with Crippen molar-refractivity contribution in [2.24, 2.45) is 5.92 Å². The van der Waals surface area contributed by atoms with Crippen molar-refractivity contribution in [3.05, 3.63) is 11.7 Å². The normalized spacial score (nSPS) is 20.9. The molecule has 0 saturated heterocycles. The number of nitrogens with zero attached hydrogens (tertiary/aromatic N) is 2. The van der Waals surface area contributed by atoms with Gasteiger partial charge in [-0.25, -0.2) is 0 Å². The quantitative estimate of drug-likeness (QED) is 0.868. The van der Waals surface area contributed by atoms with Crippen molar-refractivity contribution < 1.29 is 19.2 Å². The van der Waals surface area contributed by atoms with Crippen LogP contribution in [0.25, 0.3) is 0 Å². The van der Waals surface area contributed by atoms with Crippen LogP contribution in [-0.4, -0.2) is 27.8 Å². The van der Waals surface area contributed by atoms with Gasteiger partial charge in [0.1, 0.15) is 5.60 Å². The van der Waals surface area contributed by atoms with E-state index in [1.165, 1.54) is 6.42 Å². The molecular weight excluding hydrogens is 272 g/mol. The number of carboxylic acids is 1. The molecule has 1 saturated carbocycles. The maximum atomic E-state index is 11.1. The van der Waals surface area contributed by atoms with Gasteiger partial charge in [-0.1, -0.05) is 38.3 Å². The summed E-state index contributed by atoms with van der Waals surface area (Å²) in [6.07, 6.45) is 5.16. The number of hydrogen-bond acceptors (Lipinski definition) is 5. The molecule has 118 valence electrons. The molecule has 1 heterocycles. The van der Waals surface area contributed by atoms with Gasteiger partial charge in [0, 0.05) is 12.5 Å². The van der Waals surface area contributed by atoms with Crippen LogP contribution in [0.1, 0.15) is 70.5 Å². The van der Waals surface area contributed by atoms with Gasteiger partial charge in [-0.2, -0.15) is 4.98 Å². The average molecular weight is 296 g/mol. The molecule has 2 atom stereocenters. The zero-order valence-corrected chi connectivity index (χ0v) is 13.0. The predicted octanol–water partition coefficient (Wildman–Crippen LogP) is 3.09. The summed E-state index contributed by atoms with van der Waals surface area (Å²) < 4.78 is 11.3. The molecule has 0 bridgehead atoms. The topological polar surface area (TPSA) is 85.5 Å². The lowest BCUT2D eigenvalue weighted by Crippen LogP contribution is -2.33. The van der Waals surface area contributed by atoms with Crippen LogP contribution < -0.4 is 0 Å². The van der Waals surface area contributed by atoms with Gasteiger partial charge in [-0.3, -0.25) is 4.79 Å². The van der Waals surface area contributed by atoms with Crippen molar-refractivity contribution in [3.8, 4) is 0 Å². The van der Waals surface area contributed by atoms with Crippen LogP contribution in [0.3, 0.4) is 0 Å². The number of hydrogen-bond donors (Lipinski definition) is 1. The standard InChI is InChI=1S/C15H24N2O4/c1-4-20-15(8-6-5-7-9-15)14-16-12(21-17-14)10(2)11(3)13(18)19/h10-11H,4-9H2,1-3H3,(H,18,19). The first-order valence-electron chi connectivity index (χ1n) is 7.71. The number of rotatable bonds is 6. The molecule has 1 aromatic rings. The van der Waals surface area contributed by atoms with Gasteiger partial charge in [-0.05, 0) is 19.8 Å². The summed E-state index contributed by atoms with van der Waals surface area (Å²) in [6, 6.07) is 0. The summed E-state index contributed by atoms with van der Waals surface area (Å²) in [4.78, 5) is 15.5. The summed E-state index contributed by atoms with van der Waals surface area (Å²) in [5.74, 6) is -0.786. The summed E-state index contributed by atoms with van der Waals surface area (Å²) in [5.41, 5.74) is -0.457. The Balaban J connectivity index is 2.22. The highest BCUT2D eigenvalue weighted by Crippen LogP contribution is 2.39. The molecule has 21 heavy (non-hydrogen) atoms. The smallest absolute Gasteiger partial charge is 0.307 e. The van der Waals surface area contributed by atoms with Crippen LogP contribution >= 0.6 is 0 Å². The van der Waals surface area contributed by atoms with Crippen LogP contribution in [0.2, 0.25) is 0 Å². The average Bonchev–Trinajstić information content (AvgIpc) is 2.97. The van der Waals surface area contributed by atoms with Crippen molar-refractivity contribution in [1.82, 2.24) is 10.1 Å². The number of aliphatic carboxylic acids is 1. The zero-order valence-electron chi connectivity index (χ0n) is 13.0. The van der Waals surface area contributed by atoms with Gasteiger partial charge in [0.05, 0.1) is 5.92 Å². The first-order valence-corrected chi connectivity index (χ1v) is 7.71. The van der Waals surface area contributed by atoms with Crippen LogP contribution in [0.4, 0.5) is 0 Å². The fourth-order valence-corrected chi connectivity index (χ4v) is 2.86.